The minimum atomic E-state index is -2.29. The van der Waals surface area contributed by atoms with Crippen molar-refractivity contribution in [1.82, 2.24) is 9.88 Å². The van der Waals surface area contributed by atoms with E-state index in [4.69, 9.17) is 0 Å². The molecule has 1 aliphatic heterocycles. The lowest BCUT2D eigenvalue weighted by Crippen LogP contribution is -2.36. The molecule has 0 unspecified atom stereocenters. The second-order valence-corrected chi connectivity index (χ2v) is 6.73. The Morgan fingerprint density at radius 1 is 1.14 bits per heavy atom. The van der Waals surface area contributed by atoms with Crippen LogP contribution in [0.15, 0.2) is 36.7 Å². The van der Waals surface area contributed by atoms with Gasteiger partial charge in [0.15, 0.2) is 29.1 Å². The van der Waals surface area contributed by atoms with Gasteiger partial charge in [-0.15, -0.1) is 0 Å². The molecular weight excluding hydrogens is 393 g/mol. The lowest BCUT2D eigenvalue weighted by molar-refractivity contribution is 0.103. The third-order valence-electron chi connectivity index (χ3n) is 4.82. The van der Waals surface area contributed by atoms with Crippen LogP contribution in [0.1, 0.15) is 23.2 Å². The molecule has 1 aromatic heterocycles. The summed E-state index contributed by atoms with van der Waals surface area (Å²) in [5.74, 6) is -11.4. The molecule has 4 nitrogen and oxygen atoms in total. The SMILES string of the molecule is CN(C[C@H]1CCCN1/C=C/C(=O)c1c(F)c(F)c(F)c(F)c1F)c1ccccn1. The number of nitrogens with zero attached hydrogens (tertiary/aromatic N) is 3. The Labute approximate surface area is 164 Å². The average molecular weight is 411 g/mol. The molecule has 1 fully saturated rings. The van der Waals surface area contributed by atoms with E-state index in [1.165, 1.54) is 6.20 Å². The van der Waals surface area contributed by atoms with Gasteiger partial charge < -0.3 is 9.80 Å². The van der Waals surface area contributed by atoms with Gasteiger partial charge >= 0.3 is 0 Å². The van der Waals surface area contributed by atoms with E-state index in [2.05, 4.69) is 4.98 Å². The summed E-state index contributed by atoms with van der Waals surface area (Å²) in [5, 5.41) is 0. The third kappa shape index (κ3) is 4.23. The second kappa shape index (κ2) is 8.59. The number of likely N-dealkylation sites (tertiary alicyclic amines) is 1. The number of pyridine rings is 1. The van der Waals surface area contributed by atoms with Crippen molar-refractivity contribution in [2.75, 3.05) is 25.0 Å². The summed E-state index contributed by atoms with van der Waals surface area (Å²) in [7, 11) is 1.86. The molecule has 1 saturated heterocycles. The van der Waals surface area contributed by atoms with Crippen LogP contribution < -0.4 is 4.90 Å². The average Bonchev–Trinajstić information content (AvgIpc) is 3.17. The molecule has 0 aliphatic carbocycles. The molecule has 2 aromatic rings. The zero-order valence-corrected chi connectivity index (χ0v) is 15.5. The van der Waals surface area contributed by atoms with Crippen molar-refractivity contribution < 1.29 is 26.7 Å². The van der Waals surface area contributed by atoms with Crippen molar-refractivity contribution in [3.63, 3.8) is 0 Å². The zero-order valence-electron chi connectivity index (χ0n) is 15.5. The first-order chi connectivity index (χ1) is 13.8. The lowest BCUT2D eigenvalue weighted by atomic mass is 10.1. The smallest absolute Gasteiger partial charge is 0.200 e. The maximum atomic E-state index is 13.8. The summed E-state index contributed by atoms with van der Waals surface area (Å²) >= 11 is 0. The fourth-order valence-electron chi connectivity index (χ4n) is 3.31. The first kappa shape index (κ1) is 20.8. The highest BCUT2D eigenvalue weighted by Crippen LogP contribution is 2.24. The standard InChI is InChI=1S/C20H18F5N3O/c1-27(14-6-2-3-8-26-14)11-12-5-4-9-28(12)10-7-13(29)15-16(21)18(23)20(25)19(24)17(15)22/h2-3,6-8,10,12H,4-5,9,11H2,1H3/b10-7+/t12-/m1/s1. The molecule has 9 heteroatoms. The highest BCUT2D eigenvalue weighted by molar-refractivity contribution is 6.04. The molecule has 1 aliphatic rings. The van der Waals surface area contributed by atoms with Crippen LogP contribution in [0, 0.1) is 29.1 Å². The maximum absolute atomic E-state index is 13.8. The molecule has 0 radical (unpaired) electrons. The van der Waals surface area contributed by atoms with E-state index in [1.54, 1.807) is 12.3 Å². The van der Waals surface area contributed by atoms with Crippen LogP contribution in [0.25, 0.3) is 0 Å². The van der Waals surface area contributed by atoms with E-state index in [0.717, 1.165) is 24.7 Å². The largest absolute Gasteiger partial charge is 0.373 e. The molecule has 1 atom stereocenters. The van der Waals surface area contributed by atoms with Crippen molar-refractivity contribution in [2.24, 2.45) is 0 Å². The van der Waals surface area contributed by atoms with E-state index in [1.807, 2.05) is 29.0 Å². The van der Waals surface area contributed by atoms with E-state index in [-0.39, 0.29) is 6.04 Å². The number of ketones is 1. The van der Waals surface area contributed by atoms with E-state index >= 15 is 0 Å². The number of carbonyl (C=O) groups excluding carboxylic acids is 1. The topological polar surface area (TPSA) is 36.4 Å². The highest BCUT2D eigenvalue weighted by Gasteiger charge is 2.29. The molecule has 29 heavy (non-hydrogen) atoms. The van der Waals surface area contributed by atoms with Crippen LogP contribution in [0.5, 0.6) is 0 Å². The van der Waals surface area contributed by atoms with Crippen LogP contribution in [0.2, 0.25) is 0 Å². The monoisotopic (exact) mass is 411 g/mol. The number of anilines is 1. The van der Waals surface area contributed by atoms with Gasteiger partial charge in [-0.3, -0.25) is 4.79 Å². The summed E-state index contributed by atoms with van der Waals surface area (Å²) in [5.41, 5.74) is -1.46. The fraction of sp³-hybridized carbons (Fsp3) is 0.300. The molecule has 0 saturated carbocycles. The first-order valence-corrected chi connectivity index (χ1v) is 8.93. The number of hydrogen-bond acceptors (Lipinski definition) is 4. The zero-order chi connectivity index (χ0) is 21.1. The quantitative estimate of drug-likeness (QED) is 0.236. The molecule has 1 aromatic carbocycles. The first-order valence-electron chi connectivity index (χ1n) is 8.93. The fourth-order valence-corrected chi connectivity index (χ4v) is 3.31. The van der Waals surface area contributed by atoms with Gasteiger partial charge in [-0.25, -0.2) is 26.9 Å². The van der Waals surface area contributed by atoms with Gasteiger partial charge in [0, 0.05) is 44.7 Å². The van der Waals surface area contributed by atoms with Crippen molar-refractivity contribution in [1.29, 1.82) is 0 Å². The number of likely N-dealkylation sites (N-methyl/N-ethyl adjacent to an activating group) is 1. The van der Waals surface area contributed by atoms with E-state index in [0.29, 0.717) is 13.1 Å². The van der Waals surface area contributed by atoms with Crippen LogP contribution >= 0.6 is 0 Å². The normalized spacial score (nSPS) is 16.6. The highest BCUT2D eigenvalue weighted by atomic mass is 19.2. The van der Waals surface area contributed by atoms with Crippen molar-refractivity contribution in [2.45, 2.75) is 18.9 Å². The molecule has 3 rings (SSSR count). The minimum absolute atomic E-state index is 0.00226. The summed E-state index contributed by atoms with van der Waals surface area (Å²) in [4.78, 5) is 20.1. The van der Waals surface area contributed by atoms with Gasteiger partial charge in [-0.1, -0.05) is 6.07 Å². The number of aromatic nitrogens is 1. The molecule has 0 N–H and O–H groups in total. The number of hydrogen-bond donors (Lipinski definition) is 0. The van der Waals surface area contributed by atoms with Gasteiger partial charge in [-0.2, -0.15) is 0 Å². The summed E-state index contributed by atoms with van der Waals surface area (Å²) in [6.45, 7) is 1.18. The molecule has 154 valence electrons. The van der Waals surface area contributed by atoms with Crippen LogP contribution in [0.4, 0.5) is 27.8 Å². The molecular formula is C20H18F5N3O. The Morgan fingerprint density at radius 2 is 1.79 bits per heavy atom. The number of halogens is 5. The Hall–Kier alpha value is -2.97. The summed E-state index contributed by atoms with van der Waals surface area (Å²) in [6, 6.07) is 5.50. The molecule has 0 spiro atoms. The Balaban J connectivity index is 1.75. The number of carbonyl (C=O) groups is 1. The van der Waals surface area contributed by atoms with Crippen molar-refractivity contribution in [3.05, 3.63) is 71.3 Å². The lowest BCUT2D eigenvalue weighted by Gasteiger charge is -2.28. The van der Waals surface area contributed by atoms with Crippen molar-refractivity contribution >= 4 is 11.6 Å². The maximum Gasteiger partial charge on any atom is 0.200 e. The summed E-state index contributed by atoms with van der Waals surface area (Å²) < 4.78 is 67.3. The molecule has 2 heterocycles. The van der Waals surface area contributed by atoms with Gasteiger partial charge in [0.25, 0.3) is 0 Å². The second-order valence-electron chi connectivity index (χ2n) is 6.73. The van der Waals surface area contributed by atoms with Crippen molar-refractivity contribution in [3.8, 4) is 0 Å². The van der Waals surface area contributed by atoms with Crippen LogP contribution in [-0.4, -0.2) is 41.8 Å². The van der Waals surface area contributed by atoms with Gasteiger partial charge in [0.05, 0.1) is 5.56 Å². The van der Waals surface area contributed by atoms with Gasteiger partial charge in [-0.05, 0) is 25.0 Å². The third-order valence-corrected chi connectivity index (χ3v) is 4.82. The van der Waals surface area contributed by atoms with Gasteiger partial charge in [0.2, 0.25) is 5.82 Å². The number of rotatable bonds is 6. The molecule has 0 bridgehead atoms. The summed E-state index contributed by atoms with van der Waals surface area (Å²) in [6.07, 6.45) is 5.49. The molecule has 0 amide bonds. The van der Waals surface area contributed by atoms with E-state index in [9.17, 15) is 26.7 Å². The predicted molar refractivity (Wildman–Crippen MR) is 96.9 cm³/mol. The number of benzene rings is 1. The predicted octanol–water partition coefficient (Wildman–Crippen LogP) is 4.07. The Bertz CT molecular complexity index is 906. The minimum Gasteiger partial charge on any atom is -0.373 e. The van der Waals surface area contributed by atoms with Crippen LogP contribution in [-0.2, 0) is 0 Å². The van der Waals surface area contributed by atoms with E-state index < -0.39 is 40.4 Å². The number of allylic oxidation sites excluding steroid dienone is 1. The Morgan fingerprint density at radius 3 is 2.41 bits per heavy atom. The van der Waals surface area contributed by atoms with Gasteiger partial charge in [0.1, 0.15) is 5.82 Å². The Kier molecular flexibility index (Phi) is 6.14. The van der Waals surface area contributed by atoms with Crippen LogP contribution in [0.3, 0.4) is 0 Å².